The van der Waals surface area contributed by atoms with Gasteiger partial charge in [-0.25, -0.2) is 0 Å². The molecule has 0 fully saturated rings. The van der Waals surface area contributed by atoms with Crippen LogP contribution < -0.4 is 51.4 Å². The van der Waals surface area contributed by atoms with Gasteiger partial charge in [-0.05, 0) is 12.8 Å². The topological polar surface area (TPSA) is 107 Å². The van der Waals surface area contributed by atoms with Crippen LogP contribution in [0.3, 0.4) is 0 Å². The van der Waals surface area contributed by atoms with Gasteiger partial charge in [0.1, 0.15) is 0 Å². The molecule has 0 radical (unpaired) electrons. The Hall–Kier alpha value is 0.486. The summed E-state index contributed by atoms with van der Waals surface area (Å²) in [6.45, 7) is 4.82. The van der Waals surface area contributed by atoms with Crippen LogP contribution in [0.4, 0.5) is 0 Å². The third kappa shape index (κ3) is 45.8. The van der Waals surface area contributed by atoms with Crippen molar-refractivity contribution in [2.24, 2.45) is 0 Å². The molecule has 7 nitrogen and oxygen atoms in total. The molecule has 1 unspecified atom stereocenters. The van der Waals surface area contributed by atoms with Gasteiger partial charge >= 0.3 is 63.3 Å². The summed E-state index contributed by atoms with van der Waals surface area (Å²) in [5, 5.41) is -1.94. The predicted molar refractivity (Wildman–Crippen MR) is 239 cm³/mol. The van der Waals surface area contributed by atoms with Gasteiger partial charge in [-0.1, -0.05) is 258 Å². The number of rotatable bonds is 46. The summed E-state index contributed by atoms with van der Waals surface area (Å²) in [5.41, 5.74) is 0. The molecule has 0 aromatic rings. The van der Waals surface area contributed by atoms with Crippen LogP contribution in [-0.4, -0.2) is 43.4 Å². The summed E-state index contributed by atoms with van der Waals surface area (Å²) < 4.78 is 43.6. The quantitative estimate of drug-likeness (QED) is 0.0281. The normalized spacial score (nSPS) is 12.1. The summed E-state index contributed by atoms with van der Waals surface area (Å²) in [5.74, 6) is -1.89. The summed E-state index contributed by atoms with van der Waals surface area (Å²) in [6, 6.07) is 0. The number of unbranched alkanes of at least 4 members (excludes halogenated alkanes) is 38. The van der Waals surface area contributed by atoms with E-state index in [1.165, 1.54) is 212 Å². The van der Waals surface area contributed by atoms with E-state index in [1.807, 2.05) is 0 Å². The molecule has 0 aliphatic carbocycles. The van der Waals surface area contributed by atoms with E-state index in [0.29, 0.717) is 12.8 Å². The molecule has 0 bridgehead atoms. The minimum Gasteiger partial charge on any atom is -1.00 e. The van der Waals surface area contributed by atoms with Crippen LogP contribution >= 0.6 is 0 Å². The standard InChI is InChI=1S/C48H94O7S.K.H/c1-3-5-7-9-11-13-15-17-19-21-23-25-27-29-31-33-35-37-39-41-43-54-47(49)45-46(56(51,52)53)48(50)55-44-42-40-38-36-34-32-30-28-26-24-22-20-18-16-14-12-10-8-6-4-2;;/h46H,3-45H2,1-2H3,(H,51,52,53);;/q;+1;-1. The maximum atomic E-state index is 12.4. The molecule has 0 amide bonds. The molecular formula is C48H95KO7S. The Balaban J connectivity index is -0.0000151. The predicted octanol–water partition coefficient (Wildman–Crippen LogP) is 12.5. The number of hydrogen-bond acceptors (Lipinski definition) is 6. The van der Waals surface area contributed by atoms with Crippen LogP contribution in [0.25, 0.3) is 0 Å². The monoisotopic (exact) mass is 855 g/mol. The van der Waals surface area contributed by atoms with Gasteiger partial charge in [-0.15, -0.1) is 0 Å². The van der Waals surface area contributed by atoms with Crippen LogP contribution in [-0.2, 0) is 29.2 Å². The molecule has 0 spiro atoms. The Morgan fingerprint density at radius 1 is 0.404 bits per heavy atom. The third-order valence-electron chi connectivity index (χ3n) is 11.5. The molecule has 0 heterocycles. The maximum absolute atomic E-state index is 12.4. The fourth-order valence-corrected chi connectivity index (χ4v) is 8.34. The molecule has 0 rings (SSSR count). The van der Waals surface area contributed by atoms with Crippen molar-refractivity contribution in [2.75, 3.05) is 13.2 Å². The van der Waals surface area contributed by atoms with Crippen molar-refractivity contribution >= 4 is 22.1 Å². The number of carbonyl (C=O) groups excluding carboxylic acids is 2. The Bertz CT molecular complexity index is 952. The fraction of sp³-hybridized carbons (Fsp3) is 0.958. The molecule has 1 N–H and O–H groups in total. The van der Waals surface area contributed by atoms with E-state index in [9.17, 15) is 22.6 Å². The summed E-state index contributed by atoms with van der Waals surface area (Å²) in [6.07, 6.45) is 50.6. The molecule has 0 aliphatic heterocycles. The van der Waals surface area contributed by atoms with Crippen molar-refractivity contribution in [3.63, 3.8) is 0 Å². The number of ether oxygens (including phenoxy) is 2. The number of carbonyl (C=O) groups is 2. The second-order valence-electron chi connectivity index (χ2n) is 17.0. The molecule has 57 heavy (non-hydrogen) atoms. The van der Waals surface area contributed by atoms with Gasteiger partial charge in [-0.2, -0.15) is 8.42 Å². The Kier molecular flexibility index (Phi) is 49.7. The molecule has 0 saturated carbocycles. The number of hydrogen-bond donors (Lipinski definition) is 1. The van der Waals surface area contributed by atoms with Crippen LogP contribution in [0, 0.1) is 0 Å². The molecule has 336 valence electrons. The van der Waals surface area contributed by atoms with Gasteiger partial charge in [0.15, 0.2) is 5.25 Å². The molecule has 9 heteroatoms. The van der Waals surface area contributed by atoms with Gasteiger partial charge in [0, 0.05) is 0 Å². The summed E-state index contributed by atoms with van der Waals surface area (Å²) in [4.78, 5) is 24.7. The van der Waals surface area contributed by atoms with E-state index < -0.39 is 33.7 Å². The van der Waals surface area contributed by atoms with E-state index in [4.69, 9.17) is 9.47 Å². The van der Waals surface area contributed by atoms with E-state index >= 15 is 0 Å². The average Bonchev–Trinajstić information content (AvgIpc) is 3.17. The molecule has 0 aromatic carbocycles. The second kappa shape index (κ2) is 47.5. The Labute approximate surface area is 398 Å². The molecule has 1 atom stereocenters. The first kappa shape index (κ1) is 59.6. The third-order valence-corrected chi connectivity index (χ3v) is 12.6. The minimum atomic E-state index is -4.78. The minimum absolute atomic E-state index is 0. The van der Waals surface area contributed by atoms with Gasteiger partial charge < -0.3 is 10.9 Å². The Morgan fingerprint density at radius 2 is 0.614 bits per heavy atom. The van der Waals surface area contributed by atoms with Crippen LogP contribution in [0.5, 0.6) is 0 Å². The zero-order chi connectivity index (χ0) is 41.1. The van der Waals surface area contributed by atoms with Gasteiger partial charge in [0.05, 0.1) is 19.6 Å². The zero-order valence-electron chi connectivity index (χ0n) is 39.3. The van der Waals surface area contributed by atoms with E-state index in [-0.39, 0.29) is 66.0 Å². The zero-order valence-corrected chi connectivity index (χ0v) is 42.2. The molecule has 0 aliphatic rings. The van der Waals surface area contributed by atoms with Crippen LogP contribution in [0.15, 0.2) is 0 Å². The van der Waals surface area contributed by atoms with E-state index in [2.05, 4.69) is 13.8 Å². The van der Waals surface area contributed by atoms with Crippen molar-refractivity contribution in [2.45, 2.75) is 282 Å². The van der Waals surface area contributed by atoms with Crippen LogP contribution in [0.1, 0.15) is 279 Å². The van der Waals surface area contributed by atoms with Crippen molar-refractivity contribution in [3.05, 3.63) is 0 Å². The van der Waals surface area contributed by atoms with Gasteiger partial charge in [0.25, 0.3) is 10.1 Å². The SMILES string of the molecule is CCCCCCCCCCCCCCCCCCCCCCOC(=O)CC(C(=O)OCCCCCCCCCCCCCCCCCCCCCC)S(=O)(=O)O.[H-].[K+]. The largest absolute Gasteiger partial charge is 1.00 e. The van der Waals surface area contributed by atoms with E-state index in [1.54, 1.807) is 0 Å². The fourth-order valence-electron chi connectivity index (χ4n) is 7.69. The maximum Gasteiger partial charge on any atom is 1.00 e. The molecule has 0 saturated heterocycles. The van der Waals surface area contributed by atoms with Crippen molar-refractivity contribution in [1.82, 2.24) is 0 Å². The Morgan fingerprint density at radius 3 is 0.842 bits per heavy atom. The smallest absolute Gasteiger partial charge is 1.00 e. The van der Waals surface area contributed by atoms with Crippen molar-refractivity contribution in [1.29, 1.82) is 0 Å². The second-order valence-corrected chi connectivity index (χ2v) is 18.6. The summed E-state index contributed by atoms with van der Waals surface area (Å²) in [7, 11) is -4.78. The van der Waals surface area contributed by atoms with Gasteiger partial charge in [0.2, 0.25) is 0 Å². The van der Waals surface area contributed by atoms with Crippen molar-refractivity contribution in [3.8, 4) is 0 Å². The first-order chi connectivity index (χ1) is 27.3. The van der Waals surface area contributed by atoms with Gasteiger partial charge in [-0.3, -0.25) is 14.1 Å². The molecule has 0 aromatic heterocycles. The first-order valence-corrected chi connectivity index (χ1v) is 26.1. The summed E-state index contributed by atoms with van der Waals surface area (Å²) >= 11 is 0. The van der Waals surface area contributed by atoms with Crippen molar-refractivity contribution < 1.29 is 84.8 Å². The number of esters is 2. The average molecular weight is 855 g/mol. The molecular weight excluding hydrogens is 760 g/mol. The van der Waals surface area contributed by atoms with E-state index in [0.717, 1.165) is 32.1 Å². The van der Waals surface area contributed by atoms with Crippen LogP contribution in [0.2, 0.25) is 0 Å². The first-order valence-electron chi connectivity index (χ1n) is 24.6.